The van der Waals surface area contributed by atoms with E-state index in [1.54, 1.807) is 18.2 Å². The molecule has 1 atom stereocenters. The van der Waals surface area contributed by atoms with E-state index < -0.39 is 37.4 Å². The lowest BCUT2D eigenvalue weighted by molar-refractivity contribution is -0.242. The van der Waals surface area contributed by atoms with E-state index in [-0.39, 0.29) is 16.8 Å². The zero-order valence-electron chi connectivity index (χ0n) is 15.2. The molecule has 0 fully saturated rings. The molecule has 2 N–H and O–H groups in total. The number of carbonyl (C=O) groups excluding carboxylic acids is 1. The molecule has 0 aromatic carbocycles. The van der Waals surface area contributed by atoms with E-state index in [0.717, 1.165) is 0 Å². The van der Waals surface area contributed by atoms with Crippen molar-refractivity contribution in [3.8, 4) is 10.6 Å². The SMILES string of the molecule is CC(O)(C(=O)Nc1sc(-c2ccccn2)cc1S(=O)(=O)c1ccccn1)C(F)(F)F. The molecule has 0 radical (unpaired) electrons. The van der Waals surface area contributed by atoms with Gasteiger partial charge in [-0.2, -0.15) is 13.2 Å². The third-order valence-corrected chi connectivity index (χ3v) is 6.93. The minimum absolute atomic E-state index is 0.280. The van der Waals surface area contributed by atoms with Gasteiger partial charge in [0.25, 0.3) is 5.91 Å². The number of hydrogen-bond acceptors (Lipinski definition) is 7. The van der Waals surface area contributed by atoms with Gasteiger partial charge in [-0.3, -0.25) is 9.78 Å². The van der Waals surface area contributed by atoms with Gasteiger partial charge in [-0.15, -0.1) is 11.3 Å². The van der Waals surface area contributed by atoms with Crippen LogP contribution in [-0.4, -0.2) is 41.2 Å². The van der Waals surface area contributed by atoms with Crippen LogP contribution in [0.25, 0.3) is 10.6 Å². The molecule has 12 heteroatoms. The van der Waals surface area contributed by atoms with Crippen LogP contribution in [0.1, 0.15) is 6.92 Å². The number of hydrogen-bond donors (Lipinski definition) is 2. The molecular weight excluding hydrogens is 443 g/mol. The Labute approximate surface area is 173 Å². The molecule has 0 aliphatic carbocycles. The second-order valence-electron chi connectivity index (χ2n) is 6.21. The number of rotatable bonds is 5. The number of thiophene rings is 1. The zero-order chi connectivity index (χ0) is 22.2. The van der Waals surface area contributed by atoms with Gasteiger partial charge in [0.1, 0.15) is 9.90 Å². The highest BCUT2D eigenvalue weighted by molar-refractivity contribution is 7.91. The first kappa shape index (κ1) is 21.9. The summed E-state index contributed by atoms with van der Waals surface area (Å²) in [4.78, 5) is 19.8. The summed E-state index contributed by atoms with van der Waals surface area (Å²) in [7, 11) is -4.29. The molecule has 3 heterocycles. The van der Waals surface area contributed by atoms with Crippen molar-refractivity contribution in [2.75, 3.05) is 5.32 Å². The molecule has 1 amide bonds. The minimum Gasteiger partial charge on any atom is -0.373 e. The Morgan fingerprint density at radius 3 is 2.27 bits per heavy atom. The first-order valence-corrected chi connectivity index (χ1v) is 10.6. The van der Waals surface area contributed by atoms with E-state index in [0.29, 0.717) is 17.0 Å². The number of nitrogens with zero attached hydrogens (tertiary/aromatic N) is 2. The van der Waals surface area contributed by atoms with E-state index in [2.05, 4.69) is 9.97 Å². The number of aliphatic hydroxyl groups is 1. The molecule has 7 nitrogen and oxygen atoms in total. The lowest BCUT2D eigenvalue weighted by Crippen LogP contribution is -2.52. The van der Waals surface area contributed by atoms with Crippen molar-refractivity contribution >= 4 is 32.1 Å². The Kier molecular flexibility index (Phi) is 5.67. The first-order valence-electron chi connectivity index (χ1n) is 8.26. The van der Waals surface area contributed by atoms with Gasteiger partial charge < -0.3 is 10.4 Å². The fraction of sp³-hybridized carbons (Fsp3) is 0.167. The highest BCUT2D eigenvalue weighted by Gasteiger charge is 2.56. The van der Waals surface area contributed by atoms with Gasteiger partial charge in [0, 0.05) is 12.4 Å². The lowest BCUT2D eigenvalue weighted by Gasteiger charge is -2.24. The molecule has 0 saturated heterocycles. The monoisotopic (exact) mass is 457 g/mol. The van der Waals surface area contributed by atoms with Gasteiger partial charge in [0.2, 0.25) is 15.4 Å². The number of sulfone groups is 1. The molecule has 0 aliphatic heterocycles. The summed E-state index contributed by atoms with van der Waals surface area (Å²) in [6, 6.07) is 10.2. The number of halogens is 3. The summed E-state index contributed by atoms with van der Waals surface area (Å²) in [5, 5.41) is 10.8. The minimum atomic E-state index is -5.27. The fourth-order valence-corrected chi connectivity index (χ4v) is 4.97. The summed E-state index contributed by atoms with van der Waals surface area (Å²) in [5.74, 6) is -1.82. The van der Waals surface area contributed by atoms with Crippen molar-refractivity contribution in [3.63, 3.8) is 0 Å². The van der Waals surface area contributed by atoms with Gasteiger partial charge in [-0.05, 0) is 37.3 Å². The number of anilines is 1. The average Bonchev–Trinajstić information content (AvgIpc) is 3.13. The highest BCUT2D eigenvalue weighted by Crippen LogP contribution is 2.40. The molecule has 158 valence electrons. The molecule has 0 aliphatic rings. The maximum atomic E-state index is 13.0. The van der Waals surface area contributed by atoms with Gasteiger partial charge in [-0.25, -0.2) is 13.4 Å². The fourth-order valence-electron chi connectivity index (χ4n) is 2.27. The molecule has 3 aromatic heterocycles. The van der Waals surface area contributed by atoms with Gasteiger partial charge in [0.15, 0.2) is 5.03 Å². The van der Waals surface area contributed by atoms with Gasteiger partial charge in [0.05, 0.1) is 10.6 Å². The first-order chi connectivity index (χ1) is 13.9. The van der Waals surface area contributed by atoms with Crippen LogP contribution in [-0.2, 0) is 14.6 Å². The second-order valence-corrected chi connectivity index (χ2v) is 9.13. The number of nitrogens with one attached hydrogen (secondary N) is 1. The van der Waals surface area contributed by atoms with Crippen LogP contribution >= 0.6 is 11.3 Å². The topological polar surface area (TPSA) is 109 Å². The molecule has 0 bridgehead atoms. The second kappa shape index (κ2) is 7.78. The summed E-state index contributed by atoms with van der Waals surface area (Å²) in [6.07, 6.45) is -2.57. The summed E-state index contributed by atoms with van der Waals surface area (Å²) in [5.41, 5.74) is -3.38. The van der Waals surface area contributed by atoms with Crippen LogP contribution in [0.15, 0.2) is 64.8 Å². The molecule has 0 spiro atoms. The average molecular weight is 457 g/mol. The van der Waals surface area contributed by atoms with E-state index in [4.69, 9.17) is 0 Å². The summed E-state index contributed by atoms with van der Waals surface area (Å²) < 4.78 is 65.1. The molecule has 1 unspecified atom stereocenters. The van der Waals surface area contributed by atoms with Gasteiger partial charge in [-0.1, -0.05) is 12.1 Å². The van der Waals surface area contributed by atoms with Crippen LogP contribution in [0.4, 0.5) is 18.2 Å². The van der Waals surface area contributed by atoms with Crippen molar-refractivity contribution < 1.29 is 31.5 Å². The smallest absolute Gasteiger partial charge is 0.373 e. The third-order valence-electron chi connectivity index (χ3n) is 4.04. The van der Waals surface area contributed by atoms with Crippen molar-refractivity contribution in [3.05, 3.63) is 54.9 Å². The normalized spacial score (nSPS) is 14.2. The van der Waals surface area contributed by atoms with Crippen LogP contribution in [0, 0.1) is 0 Å². The highest BCUT2D eigenvalue weighted by atomic mass is 32.2. The quantitative estimate of drug-likeness (QED) is 0.609. The maximum absolute atomic E-state index is 13.0. The molecule has 30 heavy (non-hydrogen) atoms. The van der Waals surface area contributed by atoms with Gasteiger partial charge >= 0.3 is 6.18 Å². The largest absolute Gasteiger partial charge is 0.426 e. The number of alkyl halides is 3. The van der Waals surface area contributed by atoms with E-state index >= 15 is 0 Å². The number of amides is 1. The summed E-state index contributed by atoms with van der Waals surface area (Å²) >= 11 is 0.709. The van der Waals surface area contributed by atoms with Crippen molar-refractivity contribution in [1.82, 2.24) is 9.97 Å². The van der Waals surface area contributed by atoms with E-state index in [1.807, 2.05) is 5.32 Å². The Morgan fingerprint density at radius 2 is 1.73 bits per heavy atom. The van der Waals surface area contributed by atoms with E-state index in [9.17, 15) is 31.5 Å². The molecular formula is C18H14F3N3O4S2. The predicted molar refractivity (Wildman–Crippen MR) is 103 cm³/mol. The Morgan fingerprint density at radius 1 is 1.10 bits per heavy atom. The van der Waals surface area contributed by atoms with E-state index in [1.165, 1.54) is 36.7 Å². The van der Waals surface area contributed by atoms with Crippen LogP contribution in [0.5, 0.6) is 0 Å². The maximum Gasteiger partial charge on any atom is 0.426 e. The zero-order valence-corrected chi connectivity index (χ0v) is 16.8. The third kappa shape index (κ3) is 4.06. The van der Waals surface area contributed by atoms with Crippen molar-refractivity contribution in [1.29, 1.82) is 0 Å². The standard InChI is InChI=1S/C18H14F3N3O4S2/c1-17(26,18(19,20)21)16(25)24-15-13(30(27,28)14-7-3-5-9-23-14)10-12(29-15)11-6-2-4-8-22-11/h2-10,26H,1H3,(H,24,25). The number of aromatic nitrogens is 2. The molecule has 3 rings (SSSR count). The Hall–Kier alpha value is -2.83. The lowest BCUT2D eigenvalue weighted by atomic mass is 10.1. The van der Waals surface area contributed by atoms with Crippen molar-refractivity contribution in [2.24, 2.45) is 0 Å². The van der Waals surface area contributed by atoms with Crippen molar-refractivity contribution in [2.45, 2.75) is 28.6 Å². The molecule has 0 saturated carbocycles. The van der Waals surface area contributed by atoms with Crippen LogP contribution in [0.3, 0.4) is 0 Å². The number of carbonyl (C=O) groups is 1. The Balaban J connectivity index is 2.12. The molecule has 3 aromatic rings. The predicted octanol–water partition coefficient (Wildman–Crippen LogP) is 3.29. The van der Waals surface area contributed by atoms with Crippen LogP contribution in [0.2, 0.25) is 0 Å². The summed E-state index contributed by atoms with van der Waals surface area (Å²) in [6.45, 7) is 0.280. The number of pyridine rings is 2. The van der Waals surface area contributed by atoms with Crippen LogP contribution < -0.4 is 5.32 Å². The Bertz CT molecular complexity index is 1160.